The van der Waals surface area contributed by atoms with E-state index in [1.165, 1.54) is 31.5 Å². The lowest BCUT2D eigenvalue weighted by molar-refractivity contribution is 0.0945. The highest BCUT2D eigenvalue weighted by Gasteiger charge is 2.51. The van der Waals surface area contributed by atoms with Gasteiger partial charge < -0.3 is 5.73 Å². The van der Waals surface area contributed by atoms with Crippen molar-refractivity contribution in [2.45, 2.75) is 19.4 Å². The molecule has 16 heavy (non-hydrogen) atoms. The van der Waals surface area contributed by atoms with Crippen LogP contribution in [0.1, 0.15) is 18.4 Å². The maximum atomic E-state index is 5.94. The third-order valence-electron chi connectivity index (χ3n) is 4.53. The number of rotatable bonds is 3. The molecule has 0 spiro atoms. The molecule has 1 saturated heterocycles. The summed E-state index contributed by atoms with van der Waals surface area (Å²) in [4.78, 5) is 2.58. The molecule has 2 heteroatoms. The second kappa shape index (κ2) is 3.86. The van der Waals surface area contributed by atoms with Crippen LogP contribution in [0, 0.1) is 11.3 Å². The van der Waals surface area contributed by atoms with Gasteiger partial charge in [0, 0.05) is 19.6 Å². The highest BCUT2D eigenvalue weighted by molar-refractivity contribution is 5.15. The van der Waals surface area contributed by atoms with Crippen LogP contribution < -0.4 is 5.73 Å². The molecule has 0 unspecified atom stereocenters. The predicted octanol–water partition coefficient (Wildman–Crippen LogP) is 1.86. The summed E-state index contributed by atoms with van der Waals surface area (Å²) >= 11 is 0. The van der Waals surface area contributed by atoms with Crippen molar-refractivity contribution in [2.75, 3.05) is 19.6 Å². The van der Waals surface area contributed by atoms with E-state index in [0.717, 1.165) is 19.0 Å². The van der Waals surface area contributed by atoms with Crippen LogP contribution in [0.3, 0.4) is 0 Å². The minimum atomic E-state index is 0.481. The monoisotopic (exact) mass is 216 g/mol. The van der Waals surface area contributed by atoms with Gasteiger partial charge in [0.2, 0.25) is 0 Å². The Kier molecular flexibility index (Phi) is 2.49. The normalized spacial score (nSPS) is 33.4. The minimum absolute atomic E-state index is 0.481. The molecule has 1 aromatic carbocycles. The summed E-state index contributed by atoms with van der Waals surface area (Å²) in [6, 6.07) is 10.8. The molecule has 0 radical (unpaired) electrons. The lowest BCUT2D eigenvalue weighted by Gasteiger charge is -2.43. The largest absolute Gasteiger partial charge is 0.330 e. The van der Waals surface area contributed by atoms with Crippen LogP contribution in [0.2, 0.25) is 0 Å². The Morgan fingerprint density at radius 2 is 2.12 bits per heavy atom. The third kappa shape index (κ3) is 1.57. The molecule has 2 N–H and O–H groups in total. The molecule has 1 aromatic rings. The summed E-state index contributed by atoms with van der Waals surface area (Å²) in [6.45, 7) is 4.44. The van der Waals surface area contributed by atoms with Crippen LogP contribution in [-0.4, -0.2) is 24.5 Å². The summed E-state index contributed by atoms with van der Waals surface area (Å²) in [6.07, 6.45) is 2.74. The lowest BCUT2D eigenvalue weighted by atomic mass is 9.62. The fourth-order valence-electron chi connectivity index (χ4n) is 3.37. The van der Waals surface area contributed by atoms with Crippen molar-refractivity contribution in [3.05, 3.63) is 35.9 Å². The minimum Gasteiger partial charge on any atom is -0.330 e. The number of fused-ring (bicyclic) bond motifs is 1. The predicted molar refractivity (Wildman–Crippen MR) is 65.9 cm³/mol. The van der Waals surface area contributed by atoms with Gasteiger partial charge in [-0.3, -0.25) is 4.90 Å². The Morgan fingerprint density at radius 1 is 1.31 bits per heavy atom. The Balaban J connectivity index is 1.66. The van der Waals surface area contributed by atoms with Gasteiger partial charge in [0.1, 0.15) is 0 Å². The summed E-state index contributed by atoms with van der Waals surface area (Å²) in [5.41, 5.74) is 7.85. The molecule has 3 rings (SSSR count). The van der Waals surface area contributed by atoms with Crippen LogP contribution in [0.25, 0.3) is 0 Å². The van der Waals surface area contributed by atoms with Crippen molar-refractivity contribution in [2.24, 2.45) is 17.1 Å². The van der Waals surface area contributed by atoms with E-state index in [4.69, 9.17) is 5.73 Å². The van der Waals surface area contributed by atoms with Crippen molar-refractivity contribution < 1.29 is 0 Å². The van der Waals surface area contributed by atoms with Crippen LogP contribution in [0.5, 0.6) is 0 Å². The number of hydrogen-bond donors (Lipinski definition) is 1. The third-order valence-corrected chi connectivity index (χ3v) is 4.53. The van der Waals surface area contributed by atoms with Gasteiger partial charge >= 0.3 is 0 Å². The number of nitrogens with zero attached hydrogens (tertiary/aromatic N) is 1. The van der Waals surface area contributed by atoms with Gasteiger partial charge in [0.25, 0.3) is 0 Å². The van der Waals surface area contributed by atoms with E-state index in [0.29, 0.717) is 5.41 Å². The van der Waals surface area contributed by atoms with E-state index in [1.54, 1.807) is 0 Å². The second-order valence-corrected chi connectivity index (χ2v) is 5.46. The van der Waals surface area contributed by atoms with Crippen LogP contribution in [-0.2, 0) is 6.54 Å². The molecule has 0 amide bonds. The van der Waals surface area contributed by atoms with E-state index >= 15 is 0 Å². The first-order chi connectivity index (χ1) is 7.82. The quantitative estimate of drug-likeness (QED) is 0.835. The van der Waals surface area contributed by atoms with Crippen molar-refractivity contribution >= 4 is 0 Å². The smallest absolute Gasteiger partial charge is 0.0234 e. The first kappa shape index (κ1) is 10.3. The van der Waals surface area contributed by atoms with E-state index in [9.17, 15) is 0 Å². The van der Waals surface area contributed by atoms with Gasteiger partial charge in [-0.25, -0.2) is 0 Å². The number of benzene rings is 1. The Morgan fingerprint density at radius 3 is 2.69 bits per heavy atom. The molecule has 1 aliphatic carbocycles. The van der Waals surface area contributed by atoms with Gasteiger partial charge in [-0.1, -0.05) is 30.3 Å². The zero-order chi connectivity index (χ0) is 11.0. The number of hydrogen-bond acceptors (Lipinski definition) is 2. The number of nitrogens with two attached hydrogens (primary N) is 1. The van der Waals surface area contributed by atoms with Crippen LogP contribution >= 0.6 is 0 Å². The van der Waals surface area contributed by atoms with Gasteiger partial charge in [0.05, 0.1) is 0 Å². The van der Waals surface area contributed by atoms with E-state index in [1.807, 2.05) is 0 Å². The maximum absolute atomic E-state index is 5.94. The van der Waals surface area contributed by atoms with Crippen molar-refractivity contribution in [1.82, 2.24) is 4.90 Å². The van der Waals surface area contributed by atoms with E-state index in [-0.39, 0.29) is 0 Å². The Bertz CT molecular complexity index is 358. The lowest BCUT2D eigenvalue weighted by Crippen LogP contribution is -2.45. The number of likely N-dealkylation sites (tertiary alicyclic amines) is 1. The van der Waals surface area contributed by atoms with Gasteiger partial charge in [-0.15, -0.1) is 0 Å². The second-order valence-electron chi connectivity index (χ2n) is 5.46. The van der Waals surface area contributed by atoms with Crippen molar-refractivity contribution in [3.63, 3.8) is 0 Å². The summed E-state index contributed by atoms with van der Waals surface area (Å²) in [7, 11) is 0. The average molecular weight is 216 g/mol. The first-order valence-electron chi connectivity index (χ1n) is 6.29. The Labute approximate surface area is 97.4 Å². The highest BCUT2D eigenvalue weighted by Crippen LogP contribution is 2.51. The molecular formula is C14H20N2. The molecule has 1 aliphatic heterocycles. The van der Waals surface area contributed by atoms with Crippen molar-refractivity contribution in [3.8, 4) is 0 Å². The maximum Gasteiger partial charge on any atom is 0.0234 e. The standard InChI is InChI=1S/C14H20N2/c15-10-14-7-6-13(14)9-16(11-14)8-12-4-2-1-3-5-12/h1-5,13H,6-11,15H2/t13-,14-/m1/s1. The molecule has 2 nitrogen and oxygen atoms in total. The molecule has 0 aromatic heterocycles. The molecule has 2 atom stereocenters. The highest BCUT2D eigenvalue weighted by atomic mass is 15.2. The molecule has 2 fully saturated rings. The first-order valence-corrected chi connectivity index (χ1v) is 6.29. The van der Waals surface area contributed by atoms with Gasteiger partial charge in [-0.2, -0.15) is 0 Å². The summed E-state index contributed by atoms with van der Waals surface area (Å²) in [5, 5.41) is 0. The van der Waals surface area contributed by atoms with Crippen LogP contribution in [0.15, 0.2) is 30.3 Å². The topological polar surface area (TPSA) is 29.3 Å². The fraction of sp³-hybridized carbons (Fsp3) is 0.571. The van der Waals surface area contributed by atoms with E-state index in [2.05, 4.69) is 35.2 Å². The van der Waals surface area contributed by atoms with E-state index < -0.39 is 0 Å². The molecule has 1 saturated carbocycles. The summed E-state index contributed by atoms with van der Waals surface area (Å²) < 4.78 is 0. The zero-order valence-corrected chi connectivity index (χ0v) is 9.73. The van der Waals surface area contributed by atoms with Crippen molar-refractivity contribution in [1.29, 1.82) is 0 Å². The molecule has 2 aliphatic rings. The van der Waals surface area contributed by atoms with Gasteiger partial charge in [-0.05, 0) is 36.3 Å². The zero-order valence-electron chi connectivity index (χ0n) is 9.73. The Hall–Kier alpha value is -0.860. The molecule has 86 valence electrons. The fourth-order valence-corrected chi connectivity index (χ4v) is 3.37. The molecular weight excluding hydrogens is 196 g/mol. The molecule has 1 heterocycles. The summed E-state index contributed by atoms with van der Waals surface area (Å²) in [5.74, 6) is 0.876. The van der Waals surface area contributed by atoms with Gasteiger partial charge in [0.15, 0.2) is 0 Å². The SMILES string of the molecule is NC[C@@]12CC[C@@H]1CN(Cc1ccccc1)C2. The molecule has 0 bridgehead atoms. The average Bonchev–Trinajstić information content (AvgIpc) is 2.54. The van der Waals surface area contributed by atoms with Crippen LogP contribution in [0.4, 0.5) is 0 Å².